The van der Waals surface area contributed by atoms with E-state index < -0.39 is 0 Å². The maximum atomic E-state index is 2.22. The fraction of sp³-hybridized carbons (Fsp3) is 0.556. The second-order valence-corrected chi connectivity index (χ2v) is 3.82. The van der Waals surface area contributed by atoms with Crippen molar-refractivity contribution in [2.24, 2.45) is 7.05 Å². The third-order valence-electron chi connectivity index (χ3n) is 1.70. The van der Waals surface area contributed by atoms with Crippen molar-refractivity contribution in [3.63, 3.8) is 0 Å². The predicted molar refractivity (Wildman–Crippen MR) is 44.1 cm³/mol. The van der Waals surface area contributed by atoms with E-state index in [9.17, 15) is 0 Å². The lowest BCUT2D eigenvalue weighted by Gasteiger charge is -2.15. The largest absolute Gasteiger partial charge is 0.357 e. The minimum absolute atomic E-state index is 0.293. The van der Waals surface area contributed by atoms with E-state index in [2.05, 4.69) is 50.8 Å². The SMILES string of the molecule is Cn1ccc(C(C)(C)C)c1. The summed E-state index contributed by atoms with van der Waals surface area (Å²) in [5, 5.41) is 0. The second kappa shape index (κ2) is 2.15. The Hall–Kier alpha value is -0.720. The van der Waals surface area contributed by atoms with Gasteiger partial charge in [-0.05, 0) is 17.0 Å². The molecule has 10 heavy (non-hydrogen) atoms. The molecule has 1 rings (SSSR count). The number of hydrogen-bond acceptors (Lipinski definition) is 0. The summed E-state index contributed by atoms with van der Waals surface area (Å²) in [6.45, 7) is 6.67. The van der Waals surface area contributed by atoms with Crippen LogP contribution in [0.5, 0.6) is 0 Å². The molecule has 0 aromatic carbocycles. The predicted octanol–water partition coefficient (Wildman–Crippen LogP) is 2.32. The summed E-state index contributed by atoms with van der Waals surface area (Å²) >= 11 is 0. The van der Waals surface area contributed by atoms with Crippen LogP contribution in [-0.4, -0.2) is 4.57 Å². The van der Waals surface area contributed by atoms with E-state index in [-0.39, 0.29) is 0 Å². The Morgan fingerprint density at radius 2 is 1.90 bits per heavy atom. The molecular formula is C9H15N. The lowest BCUT2D eigenvalue weighted by atomic mass is 9.89. The molecule has 0 saturated heterocycles. The molecule has 0 aliphatic heterocycles. The van der Waals surface area contributed by atoms with Gasteiger partial charge in [0.05, 0.1) is 0 Å². The molecule has 0 atom stereocenters. The summed E-state index contributed by atoms with van der Waals surface area (Å²) in [4.78, 5) is 0. The average Bonchev–Trinajstić information content (AvgIpc) is 2.11. The van der Waals surface area contributed by atoms with Crippen LogP contribution in [0, 0.1) is 0 Å². The molecule has 0 amide bonds. The lowest BCUT2D eigenvalue weighted by Crippen LogP contribution is -2.09. The fourth-order valence-electron chi connectivity index (χ4n) is 0.947. The normalized spacial score (nSPS) is 12.0. The van der Waals surface area contributed by atoms with Gasteiger partial charge >= 0.3 is 0 Å². The van der Waals surface area contributed by atoms with E-state index in [0.717, 1.165) is 0 Å². The van der Waals surface area contributed by atoms with Gasteiger partial charge in [0.15, 0.2) is 0 Å². The number of aryl methyl sites for hydroxylation is 1. The molecule has 1 heterocycles. The van der Waals surface area contributed by atoms with Crippen LogP contribution in [0.4, 0.5) is 0 Å². The van der Waals surface area contributed by atoms with Crippen molar-refractivity contribution in [2.45, 2.75) is 26.2 Å². The second-order valence-electron chi connectivity index (χ2n) is 3.82. The average molecular weight is 137 g/mol. The van der Waals surface area contributed by atoms with Crippen molar-refractivity contribution in [1.82, 2.24) is 4.57 Å². The molecule has 0 saturated carbocycles. The first-order valence-electron chi connectivity index (χ1n) is 3.62. The smallest absolute Gasteiger partial charge is 0.0106 e. The van der Waals surface area contributed by atoms with Crippen molar-refractivity contribution >= 4 is 0 Å². The third-order valence-corrected chi connectivity index (χ3v) is 1.70. The van der Waals surface area contributed by atoms with Crippen LogP contribution < -0.4 is 0 Å². The topological polar surface area (TPSA) is 4.93 Å². The zero-order chi connectivity index (χ0) is 7.78. The first-order chi connectivity index (χ1) is 4.50. The molecule has 56 valence electrons. The fourth-order valence-corrected chi connectivity index (χ4v) is 0.947. The first-order valence-corrected chi connectivity index (χ1v) is 3.62. The van der Waals surface area contributed by atoms with Crippen molar-refractivity contribution in [3.8, 4) is 0 Å². The number of rotatable bonds is 0. The van der Waals surface area contributed by atoms with Gasteiger partial charge in [-0.25, -0.2) is 0 Å². The van der Waals surface area contributed by atoms with Crippen LogP contribution in [0.1, 0.15) is 26.3 Å². The Morgan fingerprint density at radius 1 is 1.30 bits per heavy atom. The summed E-state index contributed by atoms with van der Waals surface area (Å²) in [5.74, 6) is 0. The Labute approximate surface area is 62.7 Å². The molecule has 0 aliphatic rings. The van der Waals surface area contributed by atoms with Crippen LogP contribution in [-0.2, 0) is 12.5 Å². The molecule has 0 unspecified atom stereocenters. The molecule has 0 fully saturated rings. The van der Waals surface area contributed by atoms with Crippen LogP contribution in [0.25, 0.3) is 0 Å². The van der Waals surface area contributed by atoms with Gasteiger partial charge < -0.3 is 4.57 Å². The van der Waals surface area contributed by atoms with Gasteiger partial charge in [0.1, 0.15) is 0 Å². The molecule has 0 N–H and O–H groups in total. The molecular weight excluding hydrogens is 122 g/mol. The van der Waals surface area contributed by atoms with E-state index >= 15 is 0 Å². The van der Waals surface area contributed by atoms with Crippen molar-refractivity contribution in [1.29, 1.82) is 0 Å². The lowest BCUT2D eigenvalue weighted by molar-refractivity contribution is 0.589. The highest BCUT2D eigenvalue weighted by atomic mass is 14.9. The van der Waals surface area contributed by atoms with Crippen molar-refractivity contribution in [2.75, 3.05) is 0 Å². The Balaban J connectivity index is 2.96. The van der Waals surface area contributed by atoms with Crippen LogP contribution in [0.15, 0.2) is 18.5 Å². The number of hydrogen-bond donors (Lipinski definition) is 0. The molecule has 0 bridgehead atoms. The highest BCUT2D eigenvalue weighted by molar-refractivity contribution is 5.18. The Bertz CT molecular complexity index is 215. The van der Waals surface area contributed by atoms with Crippen LogP contribution in [0.2, 0.25) is 0 Å². The van der Waals surface area contributed by atoms with E-state index in [0.29, 0.717) is 5.41 Å². The van der Waals surface area contributed by atoms with Crippen LogP contribution in [0.3, 0.4) is 0 Å². The van der Waals surface area contributed by atoms with E-state index in [1.54, 1.807) is 0 Å². The Morgan fingerprint density at radius 3 is 2.10 bits per heavy atom. The van der Waals surface area contributed by atoms with Gasteiger partial charge in [0.2, 0.25) is 0 Å². The number of aromatic nitrogens is 1. The summed E-state index contributed by atoms with van der Waals surface area (Å²) in [6, 6.07) is 2.17. The van der Waals surface area contributed by atoms with Gasteiger partial charge in [-0.15, -0.1) is 0 Å². The molecule has 1 nitrogen and oxygen atoms in total. The zero-order valence-corrected chi connectivity index (χ0v) is 7.18. The van der Waals surface area contributed by atoms with Gasteiger partial charge in [-0.1, -0.05) is 20.8 Å². The van der Waals surface area contributed by atoms with E-state index in [1.165, 1.54) is 5.56 Å². The maximum Gasteiger partial charge on any atom is 0.0106 e. The van der Waals surface area contributed by atoms with E-state index in [1.807, 2.05) is 0 Å². The minimum Gasteiger partial charge on any atom is -0.357 e. The standard InChI is InChI=1S/C9H15N/c1-9(2,3)8-5-6-10(4)7-8/h5-7H,1-4H3. The maximum absolute atomic E-state index is 2.22. The summed E-state index contributed by atoms with van der Waals surface area (Å²) in [7, 11) is 2.05. The monoisotopic (exact) mass is 137 g/mol. The summed E-state index contributed by atoms with van der Waals surface area (Å²) < 4.78 is 2.08. The molecule has 1 aromatic rings. The first kappa shape index (κ1) is 7.39. The van der Waals surface area contributed by atoms with Crippen LogP contribution >= 0.6 is 0 Å². The van der Waals surface area contributed by atoms with Crippen molar-refractivity contribution in [3.05, 3.63) is 24.0 Å². The molecule has 0 radical (unpaired) electrons. The zero-order valence-electron chi connectivity index (χ0n) is 7.18. The Kier molecular flexibility index (Phi) is 1.59. The van der Waals surface area contributed by atoms with E-state index in [4.69, 9.17) is 0 Å². The summed E-state index contributed by atoms with van der Waals surface area (Å²) in [5.41, 5.74) is 1.69. The molecule has 1 aromatic heterocycles. The van der Waals surface area contributed by atoms with Gasteiger partial charge in [0, 0.05) is 19.4 Å². The van der Waals surface area contributed by atoms with Gasteiger partial charge in [-0.2, -0.15) is 0 Å². The quantitative estimate of drug-likeness (QED) is 0.517. The van der Waals surface area contributed by atoms with Gasteiger partial charge in [0.25, 0.3) is 0 Å². The highest BCUT2D eigenvalue weighted by Crippen LogP contribution is 2.21. The molecule has 1 heteroatoms. The molecule has 0 spiro atoms. The number of nitrogens with zero attached hydrogens (tertiary/aromatic N) is 1. The third kappa shape index (κ3) is 1.41. The van der Waals surface area contributed by atoms with Gasteiger partial charge in [-0.3, -0.25) is 0 Å². The summed E-state index contributed by atoms with van der Waals surface area (Å²) in [6.07, 6.45) is 4.25. The highest BCUT2D eigenvalue weighted by Gasteiger charge is 2.13. The van der Waals surface area contributed by atoms with Crippen molar-refractivity contribution < 1.29 is 0 Å². The molecule has 0 aliphatic carbocycles. The minimum atomic E-state index is 0.293.